The topological polar surface area (TPSA) is 49.7 Å². The van der Waals surface area contributed by atoms with Crippen LogP contribution in [0.15, 0.2) is 89.1 Å². The maximum absolute atomic E-state index is 5.88. The van der Waals surface area contributed by atoms with E-state index in [1.807, 2.05) is 54.2 Å². The van der Waals surface area contributed by atoms with Crippen LogP contribution in [0.25, 0.3) is 0 Å². The van der Waals surface area contributed by atoms with Crippen LogP contribution in [0.1, 0.15) is 25.3 Å². The molecule has 0 fully saturated rings. The molecule has 2 aromatic rings. The van der Waals surface area contributed by atoms with Gasteiger partial charge in [-0.1, -0.05) is 49.4 Å². The number of ether oxygens (including phenoxy) is 2. The summed E-state index contributed by atoms with van der Waals surface area (Å²) in [6.45, 7) is 6.06. The third-order valence-corrected chi connectivity index (χ3v) is 6.53. The Bertz CT molecular complexity index is 1030. The van der Waals surface area contributed by atoms with Gasteiger partial charge in [-0.3, -0.25) is 0 Å². The van der Waals surface area contributed by atoms with Crippen LogP contribution < -0.4 is 9.47 Å². The van der Waals surface area contributed by atoms with E-state index in [9.17, 15) is 0 Å². The van der Waals surface area contributed by atoms with Gasteiger partial charge in [0.1, 0.15) is 17.3 Å². The number of amidine groups is 1. The molecular weight excluding hydrogens is 480 g/mol. The van der Waals surface area contributed by atoms with Crippen LogP contribution in [0.2, 0.25) is 0 Å². The van der Waals surface area contributed by atoms with E-state index in [0.717, 1.165) is 72.6 Å². The van der Waals surface area contributed by atoms with Gasteiger partial charge in [0, 0.05) is 18.8 Å². The van der Waals surface area contributed by atoms with Crippen LogP contribution in [0, 0.1) is 0 Å². The van der Waals surface area contributed by atoms with Gasteiger partial charge in [-0.15, -0.1) is 5.10 Å². The van der Waals surface area contributed by atoms with Crippen molar-refractivity contribution in [2.24, 2.45) is 10.2 Å². The SMILES string of the molecule is CC/C=C\C=C/CN1CC(c2ccc(OCCCN(C)C)cc2)=NN=C1CSCCOc1ccccc1. The average molecular weight is 521 g/mol. The Kier molecular flexibility index (Phi) is 12.9. The Hall–Kier alpha value is -3.03. The molecule has 2 aromatic carbocycles. The minimum absolute atomic E-state index is 0.668. The summed E-state index contributed by atoms with van der Waals surface area (Å²) in [5.74, 6) is 4.49. The smallest absolute Gasteiger partial charge is 0.138 e. The Labute approximate surface area is 226 Å². The minimum Gasteiger partial charge on any atom is -0.494 e. The third-order valence-electron chi connectivity index (χ3n) is 5.61. The molecule has 6 nitrogen and oxygen atoms in total. The number of allylic oxidation sites excluding steroid dienone is 3. The molecule has 0 saturated carbocycles. The monoisotopic (exact) mass is 520 g/mol. The highest BCUT2D eigenvalue weighted by molar-refractivity contribution is 7.99. The fourth-order valence-electron chi connectivity index (χ4n) is 3.62. The number of benzene rings is 2. The van der Waals surface area contributed by atoms with E-state index in [0.29, 0.717) is 13.2 Å². The van der Waals surface area contributed by atoms with Gasteiger partial charge in [-0.05, 0) is 68.9 Å². The molecule has 0 N–H and O–H groups in total. The van der Waals surface area contributed by atoms with Crippen molar-refractivity contribution in [3.63, 3.8) is 0 Å². The molecule has 0 atom stereocenters. The zero-order valence-electron chi connectivity index (χ0n) is 22.4. The van der Waals surface area contributed by atoms with Crippen molar-refractivity contribution in [3.05, 3.63) is 84.5 Å². The van der Waals surface area contributed by atoms with Gasteiger partial charge in [0.25, 0.3) is 0 Å². The summed E-state index contributed by atoms with van der Waals surface area (Å²) >= 11 is 1.82. The zero-order valence-corrected chi connectivity index (χ0v) is 23.2. The Morgan fingerprint density at radius 1 is 0.919 bits per heavy atom. The molecule has 7 heteroatoms. The van der Waals surface area contributed by atoms with Crippen molar-refractivity contribution >= 4 is 23.3 Å². The van der Waals surface area contributed by atoms with Crippen LogP contribution in [0.5, 0.6) is 11.5 Å². The standard InChI is InChI=1S/C30H40N4O2S/c1-4-5-6-7-11-20-34-24-29(26-15-17-28(18-16-26)35-21-12-19-33(2)3)31-32-30(34)25-37-23-22-36-27-13-9-8-10-14-27/h5-11,13-18H,4,12,19-25H2,1-3H3/b6-5-,11-7-. The highest BCUT2D eigenvalue weighted by Gasteiger charge is 2.19. The zero-order chi connectivity index (χ0) is 26.1. The number of nitrogens with zero attached hydrogens (tertiary/aromatic N) is 4. The van der Waals surface area contributed by atoms with E-state index in [4.69, 9.17) is 9.47 Å². The number of rotatable bonds is 16. The van der Waals surface area contributed by atoms with Crippen LogP contribution in [-0.2, 0) is 0 Å². The molecular formula is C30H40N4O2S. The summed E-state index contributed by atoms with van der Waals surface area (Å²) in [4.78, 5) is 4.47. The third kappa shape index (κ3) is 10.9. The Morgan fingerprint density at radius 2 is 1.65 bits per heavy atom. The maximum Gasteiger partial charge on any atom is 0.138 e. The normalized spacial score (nSPS) is 13.9. The van der Waals surface area contributed by atoms with Crippen molar-refractivity contribution in [1.29, 1.82) is 0 Å². The van der Waals surface area contributed by atoms with E-state index >= 15 is 0 Å². The van der Waals surface area contributed by atoms with Crippen molar-refractivity contribution in [2.75, 3.05) is 58.4 Å². The fraction of sp³-hybridized carbons (Fsp3) is 0.400. The van der Waals surface area contributed by atoms with Gasteiger partial charge < -0.3 is 19.3 Å². The summed E-state index contributed by atoms with van der Waals surface area (Å²) < 4.78 is 11.7. The molecule has 1 heterocycles. The molecule has 37 heavy (non-hydrogen) atoms. The Balaban J connectivity index is 1.56. The van der Waals surface area contributed by atoms with Crippen LogP contribution in [0.3, 0.4) is 0 Å². The first kappa shape index (κ1) is 28.5. The predicted octanol–water partition coefficient (Wildman–Crippen LogP) is 5.77. The molecule has 3 rings (SSSR count). The molecule has 0 aliphatic carbocycles. The van der Waals surface area contributed by atoms with Gasteiger partial charge in [0.2, 0.25) is 0 Å². The summed E-state index contributed by atoms with van der Waals surface area (Å²) in [6, 6.07) is 18.1. The van der Waals surface area contributed by atoms with Crippen molar-refractivity contribution in [3.8, 4) is 11.5 Å². The number of para-hydroxylation sites is 1. The molecule has 0 aromatic heterocycles. The molecule has 0 radical (unpaired) electrons. The average Bonchev–Trinajstić information content (AvgIpc) is 2.92. The molecule has 0 bridgehead atoms. The first-order valence-electron chi connectivity index (χ1n) is 13.0. The van der Waals surface area contributed by atoms with Gasteiger partial charge in [-0.2, -0.15) is 16.9 Å². The van der Waals surface area contributed by atoms with Crippen LogP contribution in [0.4, 0.5) is 0 Å². The van der Waals surface area contributed by atoms with E-state index in [2.05, 4.69) is 77.5 Å². The van der Waals surface area contributed by atoms with E-state index in [-0.39, 0.29) is 0 Å². The summed E-state index contributed by atoms with van der Waals surface area (Å²) in [5, 5.41) is 9.21. The van der Waals surface area contributed by atoms with Gasteiger partial charge >= 0.3 is 0 Å². The second-order valence-electron chi connectivity index (χ2n) is 8.95. The fourth-order valence-corrected chi connectivity index (χ4v) is 4.39. The van der Waals surface area contributed by atoms with Crippen molar-refractivity contribution in [1.82, 2.24) is 9.80 Å². The summed E-state index contributed by atoms with van der Waals surface area (Å²) in [5.41, 5.74) is 2.05. The van der Waals surface area contributed by atoms with Crippen molar-refractivity contribution in [2.45, 2.75) is 19.8 Å². The largest absolute Gasteiger partial charge is 0.494 e. The van der Waals surface area contributed by atoms with Gasteiger partial charge in [0.05, 0.1) is 31.2 Å². The maximum atomic E-state index is 5.88. The summed E-state index contributed by atoms with van der Waals surface area (Å²) in [7, 11) is 4.15. The molecule has 0 saturated heterocycles. The molecule has 198 valence electrons. The van der Waals surface area contributed by atoms with E-state index in [1.54, 1.807) is 0 Å². The highest BCUT2D eigenvalue weighted by atomic mass is 32.2. The minimum atomic E-state index is 0.668. The molecule has 0 spiro atoms. The van der Waals surface area contributed by atoms with Gasteiger partial charge in [0.15, 0.2) is 0 Å². The first-order valence-corrected chi connectivity index (χ1v) is 14.1. The Morgan fingerprint density at radius 3 is 2.41 bits per heavy atom. The van der Waals surface area contributed by atoms with E-state index in [1.165, 1.54) is 0 Å². The molecule has 0 amide bonds. The number of hydrogen-bond donors (Lipinski definition) is 0. The molecule has 1 aliphatic heterocycles. The van der Waals surface area contributed by atoms with Crippen molar-refractivity contribution < 1.29 is 9.47 Å². The van der Waals surface area contributed by atoms with E-state index < -0.39 is 0 Å². The number of thioether (sulfide) groups is 1. The lowest BCUT2D eigenvalue weighted by atomic mass is 10.1. The second-order valence-corrected chi connectivity index (χ2v) is 10.1. The lowest BCUT2D eigenvalue weighted by Gasteiger charge is -2.27. The predicted molar refractivity (Wildman–Crippen MR) is 158 cm³/mol. The van der Waals surface area contributed by atoms with Crippen LogP contribution in [-0.4, -0.2) is 79.8 Å². The van der Waals surface area contributed by atoms with Crippen LogP contribution >= 0.6 is 11.8 Å². The molecule has 0 unspecified atom stereocenters. The highest BCUT2D eigenvalue weighted by Crippen LogP contribution is 2.17. The second kappa shape index (κ2) is 16.7. The first-order chi connectivity index (χ1) is 18.2. The quantitative estimate of drug-likeness (QED) is 0.208. The number of hydrogen-bond acceptors (Lipinski definition) is 7. The van der Waals surface area contributed by atoms with Gasteiger partial charge in [-0.25, -0.2) is 0 Å². The molecule has 1 aliphatic rings. The lowest BCUT2D eigenvalue weighted by Crippen LogP contribution is -2.40. The lowest BCUT2D eigenvalue weighted by molar-refractivity contribution is 0.281. The summed E-state index contributed by atoms with van der Waals surface area (Å²) in [6.07, 6.45) is 10.6.